The number of nitrogens with one attached hydrogen (secondary N) is 2. The molecule has 0 bridgehead atoms. The largest absolute Gasteiger partial charge is 0.493 e. The maximum absolute atomic E-state index is 12.6. The standard InChI is InChI=1S/C24H27N3O5S/c1-31-22-14-13-21(17-23(22)32-2)33(29,30)25-16-15-24(28)26-27(20-11-7-4-8-12-20)18-19-9-5-3-6-10-19/h3-14,17,25H,15-16,18H2,1-2H3,(H,26,28). The molecule has 3 rings (SSSR count). The van der Waals surface area contributed by atoms with Gasteiger partial charge in [-0.3, -0.25) is 15.2 Å². The van der Waals surface area contributed by atoms with Crippen LogP contribution >= 0.6 is 0 Å². The highest BCUT2D eigenvalue weighted by Gasteiger charge is 2.18. The molecular weight excluding hydrogens is 442 g/mol. The summed E-state index contributed by atoms with van der Waals surface area (Å²) in [5.41, 5.74) is 4.71. The number of carbonyl (C=O) groups excluding carboxylic acids is 1. The van der Waals surface area contributed by atoms with Gasteiger partial charge in [-0.15, -0.1) is 0 Å². The second-order valence-electron chi connectivity index (χ2n) is 7.11. The zero-order chi connectivity index (χ0) is 23.7. The fourth-order valence-electron chi connectivity index (χ4n) is 3.14. The van der Waals surface area contributed by atoms with Crippen molar-refractivity contribution in [3.63, 3.8) is 0 Å². The van der Waals surface area contributed by atoms with Gasteiger partial charge < -0.3 is 9.47 Å². The normalized spacial score (nSPS) is 11.0. The molecular formula is C24H27N3O5S. The van der Waals surface area contributed by atoms with Crippen LogP contribution in [-0.4, -0.2) is 35.1 Å². The van der Waals surface area contributed by atoms with Gasteiger partial charge in [0.1, 0.15) is 0 Å². The summed E-state index contributed by atoms with van der Waals surface area (Å²) in [6, 6.07) is 23.5. The number of amides is 1. The number of methoxy groups -OCH3 is 2. The lowest BCUT2D eigenvalue weighted by Crippen LogP contribution is -2.43. The van der Waals surface area contributed by atoms with E-state index in [1.54, 1.807) is 5.01 Å². The topological polar surface area (TPSA) is 97.0 Å². The first-order chi connectivity index (χ1) is 15.9. The molecule has 0 saturated carbocycles. The lowest BCUT2D eigenvalue weighted by atomic mass is 10.2. The van der Waals surface area contributed by atoms with Gasteiger partial charge in [0.05, 0.1) is 31.3 Å². The van der Waals surface area contributed by atoms with Gasteiger partial charge in [-0.2, -0.15) is 0 Å². The predicted molar refractivity (Wildman–Crippen MR) is 127 cm³/mol. The van der Waals surface area contributed by atoms with Crippen LogP contribution in [0.5, 0.6) is 11.5 Å². The van der Waals surface area contributed by atoms with Crippen LogP contribution in [0, 0.1) is 0 Å². The zero-order valence-corrected chi connectivity index (χ0v) is 19.3. The van der Waals surface area contributed by atoms with Gasteiger partial charge in [-0.05, 0) is 29.8 Å². The molecule has 3 aromatic carbocycles. The number of rotatable bonds is 11. The molecule has 0 radical (unpaired) electrons. The van der Waals surface area contributed by atoms with Crippen molar-refractivity contribution in [2.45, 2.75) is 17.9 Å². The molecule has 8 nitrogen and oxygen atoms in total. The summed E-state index contributed by atoms with van der Waals surface area (Å²) in [5.74, 6) is 0.414. The van der Waals surface area contributed by atoms with Crippen molar-refractivity contribution < 1.29 is 22.7 Å². The Balaban J connectivity index is 1.61. The van der Waals surface area contributed by atoms with Crippen LogP contribution < -0.4 is 24.6 Å². The first-order valence-electron chi connectivity index (χ1n) is 10.3. The lowest BCUT2D eigenvalue weighted by Gasteiger charge is -2.25. The molecule has 0 aliphatic carbocycles. The van der Waals surface area contributed by atoms with Crippen LogP contribution in [0.3, 0.4) is 0 Å². The monoisotopic (exact) mass is 469 g/mol. The fraction of sp³-hybridized carbons (Fsp3) is 0.208. The van der Waals surface area contributed by atoms with Gasteiger partial charge >= 0.3 is 0 Å². The van der Waals surface area contributed by atoms with Crippen molar-refractivity contribution in [2.75, 3.05) is 25.8 Å². The van der Waals surface area contributed by atoms with Crippen molar-refractivity contribution in [3.05, 3.63) is 84.4 Å². The fourth-order valence-corrected chi connectivity index (χ4v) is 4.19. The van der Waals surface area contributed by atoms with Crippen LogP contribution in [0.1, 0.15) is 12.0 Å². The van der Waals surface area contributed by atoms with Gasteiger partial charge in [0.15, 0.2) is 11.5 Å². The number of ether oxygens (including phenoxy) is 2. The average Bonchev–Trinajstić information content (AvgIpc) is 2.84. The van der Waals surface area contributed by atoms with Crippen molar-refractivity contribution in [3.8, 4) is 11.5 Å². The summed E-state index contributed by atoms with van der Waals surface area (Å²) in [7, 11) is -0.920. The molecule has 33 heavy (non-hydrogen) atoms. The quantitative estimate of drug-likeness (QED) is 0.419. The number of hydrogen-bond donors (Lipinski definition) is 2. The van der Waals surface area contributed by atoms with E-state index in [9.17, 15) is 13.2 Å². The number of para-hydroxylation sites is 1. The molecule has 0 heterocycles. The number of nitrogens with zero attached hydrogens (tertiary/aromatic N) is 1. The van der Waals surface area contributed by atoms with Crippen LogP contribution in [0.15, 0.2) is 83.8 Å². The van der Waals surface area contributed by atoms with Crippen molar-refractivity contribution >= 4 is 21.6 Å². The zero-order valence-electron chi connectivity index (χ0n) is 18.5. The molecule has 174 valence electrons. The SMILES string of the molecule is COc1ccc(S(=O)(=O)NCCC(=O)NN(Cc2ccccc2)c2ccccc2)cc1OC. The highest BCUT2D eigenvalue weighted by atomic mass is 32.2. The smallest absolute Gasteiger partial charge is 0.240 e. The van der Waals surface area contributed by atoms with E-state index < -0.39 is 10.0 Å². The Hall–Kier alpha value is -3.56. The summed E-state index contributed by atoms with van der Waals surface area (Å²) in [6.45, 7) is 0.407. The highest BCUT2D eigenvalue weighted by molar-refractivity contribution is 7.89. The van der Waals surface area contributed by atoms with Crippen LogP contribution in [-0.2, 0) is 21.4 Å². The minimum absolute atomic E-state index is 0.0237. The van der Waals surface area contributed by atoms with Gasteiger partial charge in [-0.1, -0.05) is 48.5 Å². The van der Waals surface area contributed by atoms with Gasteiger partial charge in [0, 0.05) is 19.0 Å². The van der Waals surface area contributed by atoms with Crippen LogP contribution in [0.25, 0.3) is 0 Å². The number of benzene rings is 3. The third-order valence-corrected chi connectivity index (χ3v) is 6.28. The van der Waals surface area contributed by atoms with E-state index in [1.807, 2.05) is 60.7 Å². The Morgan fingerprint density at radius 3 is 2.15 bits per heavy atom. The van der Waals surface area contributed by atoms with Gasteiger partial charge in [0.25, 0.3) is 0 Å². The number of hydrogen-bond acceptors (Lipinski definition) is 6. The molecule has 9 heteroatoms. The highest BCUT2D eigenvalue weighted by Crippen LogP contribution is 2.29. The van der Waals surface area contributed by atoms with Gasteiger partial charge in [-0.25, -0.2) is 13.1 Å². The molecule has 0 aliphatic heterocycles. The van der Waals surface area contributed by atoms with E-state index in [4.69, 9.17) is 9.47 Å². The Morgan fingerprint density at radius 2 is 1.52 bits per heavy atom. The maximum atomic E-state index is 12.6. The summed E-state index contributed by atoms with van der Waals surface area (Å²) >= 11 is 0. The molecule has 2 N–H and O–H groups in total. The van der Waals surface area contributed by atoms with E-state index >= 15 is 0 Å². The Labute approximate surface area is 194 Å². The molecule has 0 aromatic heterocycles. The van der Waals surface area contributed by atoms with Crippen molar-refractivity contribution in [1.29, 1.82) is 0 Å². The minimum atomic E-state index is -3.82. The second kappa shape index (κ2) is 11.3. The van der Waals surface area contributed by atoms with E-state index in [-0.39, 0.29) is 23.8 Å². The summed E-state index contributed by atoms with van der Waals surface area (Å²) < 4.78 is 38.0. The van der Waals surface area contributed by atoms with Crippen LogP contribution in [0.2, 0.25) is 0 Å². The van der Waals surface area contributed by atoms with E-state index in [0.29, 0.717) is 18.0 Å². The average molecular weight is 470 g/mol. The molecule has 1 amide bonds. The molecule has 0 spiro atoms. The Bertz CT molecular complexity index is 1160. The van der Waals surface area contributed by atoms with E-state index in [2.05, 4.69) is 10.1 Å². The first kappa shape index (κ1) is 24.1. The summed E-state index contributed by atoms with van der Waals surface area (Å²) in [4.78, 5) is 12.6. The number of sulfonamides is 1. The minimum Gasteiger partial charge on any atom is -0.493 e. The lowest BCUT2D eigenvalue weighted by molar-refractivity contribution is -0.121. The number of anilines is 1. The molecule has 0 atom stereocenters. The summed E-state index contributed by atoms with van der Waals surface area (Å²) in [5, 5.41) is 1.74. The maximum Gasteiger partial charge on any atom is 0.240 e. The third kappa shape index (κ3) is 6.71. The molecule has 0 saturated heterocycles. The number of hydrazine groups is 1. The molecule has 0 aliphatic rings. The van der Waals surface area contributed by atoms with Crippen molar-refractivity contribution in [2.24, 2.45) is 0 Å². The summed E-state index contributed by atoms with van der Waals surface area (Å²) in [6.07, 6.45) is -0.0371. The molecule has 0 unspecified atom stereocenters. The van der Waals surface area contributed by atoms with Crippen molar-refractivity contribution in [1.82, 2.24) is 10.1 Å². The molecule has 3 aromatic rings. The van der Waals surface area contributed by atoms with E-state index in [1.165, 1.54) is 32.4 Å². The first-order valence-corrected chi connectivity index (χ1v) is 11.8. The van der Waals surface area contributed by atoms with Gasteiger partial charge in [0.2, 0.25) is 15.9 Å². The number of carbonyl (C=O) groups is 1. The van der Waals surface area contributed by atoms with Crippen LogP contribution in [0.4, 0.5) is 5.69 Å². The Kier molecular flexibility index (Phi) is 8.28. The predicted octanol–water partition coefficient (Wildman–Crippen LogP) is 3.11. The Morgan fingerprint density at radius 1 is 0.879 bits per heavy atom. The third-order valence-electron chi connectivity index (χ3n) is 4.82. The molecule has 0 fully saturated rings. The second-order valence-corrected chi connectivity index (χ2v) is 8.87. The van der Waals surface area contributed by atoms with E-state index in [0.717, 1.165) is 11.3 Å².